The molecule has 3 fully saturated rings. The van der Waals surface area contributed by atoms with Gasteiger partial charge in [0.2, 0.25) is 11.5 Å². The first-order chi connectivity index (χ1) is 23.9. The van der Waals surface area contributed by atoms with Crippen LogP contribution in [0.15, 0.2) is 16.7 Å². The second-order valence-corrected chi connectivity index (χ2v) is 15.5. The minimum atomic E-state index is -1.55. The Bertz CT molecular complexity index is 1670. The average molecular weight is 733 g/mol. The maximum Gasteiger partial charge on any atom is 0.413 e. The van der Waals surface area contributed by atoms with Crippen molar-refractivity contribution in [3.8, 4) is 0 Å². The van der Waals surface area contributed by atoms with Gasteiger partial charge in [-0.2, -0.15) is 15.0 Å². The highest BCUT2D eigenvalue weighted by molar-refractivity contribution is 7.14. The summed E-state index contributed by atoms with van der Waals surface area (Å²) in [5.41, 5.74) is -2.53. The Hall–Kier alpha value is -4.85. The van der Waals surface area contributed by atoms with Crippen molar-refractivity contribution in [3.05, 3.63) is 23.0 Å². The molecule has 278 valence electrons. The highest BCUT2D eigenvalue weighted by atomic mass is 32.1. The van der Waals surface area contributed by atoms with E-state index in [1.807, 2.05) is 20.8 Å². The molecular formula is C31H44N10O9S. The van der Waals surface area contributed by atoms with Crippen molar-refractivity contribution in [2.75, 3.05) is 18.4 Å². The zero-order valence-corrected chi connectivity index (χ0v) is 30.2. The molecule has 1 aliphatic carbocycles. The summed E-state index contributed by atoms with van der Waals surface area (Å²) in [6.45, 7) is 12.8. The van der Waals surface area contributed by atoms with Crippen LogP contribution in [0, 0.1) is 0 Å². The van der Waals surface area contributed by atoms with Gasteiger partial charge in [-0.3, -0.25) is 19.8 Å². The van der Waals surface area contributed by atoms with E-state index in [-0.39, 0.29) is 42.0 Å². The van der Waals surface area contributed by atoms with Crippen molar-refractivity contribution in [2.45, 2.75) is 115 Å². The summed E-state index contributed by atoms with van der Waals surface area (Å²) in [5, 5.41) is 34.6. The Kier molecular flexibility index (Phi) is 10.8. The molecule has 51 heavy (non-hydrogen) atoms. The Morgan fingerprint density at radius 3 is 2.33 bits per heavy atom. The van der Waals surface area contributed by atoms with Gasteiger partial charge in [-0.1, -0.05) is 5.16 Å². The topological polar surface area (TPSA) is 241 Å². The Balaban J connectivity index is 1.17. The molecular weight excluding hydrogens is 688 g/mol. The van der Waals surface area contributed by atoms with Crippen molar-refractivity contribution in [3.63, 3.8) is 0 Å². The second-order valence-electron chi connectivity index (χ2n) is 14.6. The molecule has 2 aromatic rings. The van der Waals surface area contributed by atoms with Gasteiger partial charge in [0.1, 0.15) is 22.9 Å². The number of rotatable bonds is 12. The number of thiazole rings is 1. The molecule has 0 aromatic carbocycles. The number of oxime groups is 1. The van der Waals surface area contributed by atoms with Gasteiger partial charge < -0.3 is 35.4 Å². The molecule has 3 aliphatic rings. The predicted octanol–water partition coefficient (Wildman–Crippen LogP) is 1.59. The SMILES string of the molecule is CC(C)(C)OC(=O)Nc1nc(C(=NOC2(C(=O)O)CC2)C(=O)N[C@@H]2C(=O)N[C@@H]2Cn2ncc(CN3CCC(NC(=O)OC(C)(C)C)CC3)n2)cs1. The van der Waals surface area contributed by atoms with E-state index in [2.05, 4.69) is 46.5 Å². The van der Waals surface area contributed by atoms with Gasteiger partial charge in [-0.05, 0) is 54.4 Å². The number of alkyl carbamates (subject to hydrolysis) is 1. The second kappa shape index (κ2) is 14.8. The van der Waals surface area contributed by atoms with E-state index in [4.69, 9.17) is 14.3 Å². The third-order valence-corrected chi connectivity index (χ3v) is 8.67. The largest absolute Gasteiger partial charge is 0.478 e. The smallest absolute Gasteiger partial charge is 0.413 e. The van der Waals surface area contributed by atoms with Crippen LogP contribution in [0.1, 0.15) is 78.6 Å². The lowest BCUT2D eigenvalue weighted by atomic mass is 9.98. The molecule has 1 saturated carbocycles. The minimum Gasteiger partial charge on any atom is -0.478 e. The van der Waals surface area contributed by atoms with Crippen LogP contribution in [-0.4, -0.2) is 114 Å². The summed E-state index contributed by atoms with van der Waals surface area (Å²) in [7, 11) is 0. The van der Waals surface area contributed by atoms with Gasteiger partial charge in [-0.15, -0.1) is 11.3 Å². The van der Waals surface area contributed by atoms with E-state index >= 15 is 0 Å². The van der Waals surface area contributed by atoms with Crippen LogP contribution in [0.2, 0.25) is 0 Å². The fourth-order valence-corrected chi connectivity index (χ4v) is 5.88. The number of carboxylic acid groups (broad SMARTS) is 1. The van der Waals surface area contributed by atoms with Crippen molar-refractivity contribution >= 4 is 52.2 Å². The molecule has 5 N–H and O–H groups in total. The number of aliphatic carboxylic acids is 1. The third kappa shape index (κ3) is 10.3. The summed E-state index contributed by atoms with van der Waals surface area (Å²) in [5.74, 6) is -2.51. The molecule has 2 atom stereocenters. The Morgan fingerprint density at radius 1 is 1.06 bits per heavy atom. The fraction of sp³-hybridized carbons (Fsp3) is 0.645. The van der Waals surface area contributed by atoms with E-state index in [1.165, 1.54) is 10.2 Å². The van der Waals surface area contributed by atoms with Crippen molar-refractivity contribution < 1.29 is 43.4 Å². The number of carboxylic acids is 1. The number of nitrogens with one attached hydrogen (secondary N) is 4. The molecule has 5 rings (SSSR count). The van der Waals surface area contributed by atoms with Gasteiger partial charge in [-0.25, -0.2) is 19.4 Å². The number of piperidine rings is 1. The number of hydrogen-bond acceptors (Lipinski definition) is 14. The lowest BCUT2D eigenvalue weighted by Gasteiger charge is -2.36. The number of carbonyl (C=O) groups is 5. The van der Waals surface area contributed by atoms with Gasteiger partial charge in [0, 0.05) is 43.9 Å². The number of amides is 4. The van der Waals surface area contributed by atoms with E-state index in [9.17, 15) is 29.1 Å². The van der Waals surface area contributed by atoms with Crippen LogP contribution in [-0.2, 0) is 41.8 Å². The number of aromatic nitrogens is 4. The standard InChI is InChI=1S/C31H44N10O9S/c1-29(2,3)48-27(46)33-17-7-11-40(12-8-17)14-18-13-32-41(38-18)15-19-21(23(42)34-19)36-24(43)22(39-50-31(9-10-31)25(44)45)20-16-51-26(35-20)37-28(47)49-30(4,5)6/h13,16-17,19,21H,7-12,14-15H2,1-6H3,(H,33,46)(H,34,42)(H,36,43)(H,44,45)(H,35,37,47)/t19-,21+/m1/s1. The Labute approximate surface area is 297 Å². The Morgan fingerprint density at radius 2 is 1.73 bits per heavy atom. The number of hydrogen-bond donors (Lipinski definition) is 5. The van der Waals surface area contributed by atoms with Crippen molar-refractivity contribution in [1.29, 1.82) is 0 Å². The van der Waals surface area contributed by atoms with Gasteiger partial charge >= 0.3 is 18.2 Å². The van der Waals surface area contributed by atoms with Crippen LogP contribution >= 0.6 is 11.3 Å². The summed E-state index contributed by atoms with van der Waals surface area (Å²) in [4.78, 5) is 75.3. The number of carbonyl (C=O) groups excluding carboxylic acids is 4. The zero-order valence-electron chi connectivity index (χ0n) is 29.3. The lowest BCUT2D eigenvalue weighted by molar-refractivity contribution is -0.153. The molecule has 0 spiro atoms. The molecule has 4 amide bonds. The zero-order chi connectivity index (χ0) is 37.1. The third-order valence-electron chi connectivity index (χ3n) is 7.91. The fourth-order valence-electron chi connectivity index (χ4n) is 5.20. The summed E-state index contributed by atoms with van der Waals surface area (Å²) in [6.07, 6.45) is 2.40. The number of ether oxygens (including phenoxy) is 2. The highest BCUT2D eigenvalue weighted by Gasteiger charge is 2.55. The average Bonchev–Trinajstić information content (AvgIpc) is 3.47. The molecule has 0 radical (unpaired) electrons. The summed E-state index contributed by atoms with van der Waals surface area (Å²) in [6, 6.07) is -1.52. The highest BCUT2D eigenvalue weighted by Crippen LogP contribution is 2.40. The van der Waals surface area contributed by atoms with Crippen molar-refractivity contribution in [2.24, 2.45) is 5.16 Å². The maximum absolute atomic E-state index is 13.5. The molecule has 4 heterocycles. The van der Waals surface area contributed by atoms with Crippen LogP contribution in [0.5, 0.6) is 0 Å². The predicted molar refractivity (Wildman–Crippen MR) is 181 cm³/mol. The molecule has 0 unspecified atom stereocenters. The molecule has 2 saturated heterocycles. The lowest BCUT2D eigenvalue weighted by Crippen LogP contribution is -2.70. The van der Waals surface area contributed by atoms with E-state index in [0.717, 1.165) is 43.0 Å². The minimum absolute atomic E-state index is 0.0101. The molecule has 2 aromatic heterocycles. The first-order valence-corrected chi connectivity index (χ1v) is 17.4. The van der Waals surface area contributed by atoms with Crippen LogP contribution in [0.4, 0.5) is 14.7 Å². The van der Waals surface area contributed by atoms with Crippen LogP contribution < -0.4 is 21.3 Å². The molecule has 2 aliphatic heterocycles. The van der Waals surface area contributed by atoms with E-state index in [1.54, 1.807) is 27.0 Å². The number of β-lactam (4-membered cyclic amide) rings is 1. The number of likely N-dealkylation sites (tertiary alicyclic amines) is 1. The molecule has 20 heteroatoms. The van der Waals surface area contributed by atoms with Crippen molar-refractivity contribution in [1.82, 2.24) is 40.8 Å². The van der Waals surface area contributed by atoms with Crippen LogP contribution in [0.3, 0.4) is 0 Å². The normalized spacial score (nSPS) is 20.7. The first-order valence-electron chi connectivity index (χ1n) is 16.6. The quantitative estimate of drug-likeness (QED) is 0.119. The van der Waals surface area contributed by atoms with E-state index in [0.29, 0.717) is 6.54 Å². The number of nitrogens with zero attached hydrogens (tertiary/aromatic N) is 6. The monoisotopic (exact) mass is 732 g/mol. The molecule has 0 bridgehead atoms. The molecule has 19 nitrogen and oxygen atoms in total. The van der Waals surface area contributed by atoms with Crippen LogP contribution in [0.25, 0.3) is 0 Å². The van der Waals surface area contributed by atoms with Gasteiger partial charge in [0.25, 0.3) is 5.91 Å². The van der Waals surface area contributed by atoms with Gasteiger partial charge in [0.15, 0.2) is 10.8 Å². The summed E-state index contributed by atoms with van der Waals surface area (Å²) < 4.78 is 10.6. The van der Waals surface area contributed by atoms with Gasteiger partial charge in [0.05, 0.1) is 24.5 Å². The maximum atomic E-state index is 13.5. The number of anilines is 1. The summed E-state index contributed by atoms with van der Waals surface area (Å²) >= 11 is 0.985. The van der Waals surface area contributed by atoms with E-state index < -0.39 is 58.9 Å². The first kappa shape index (κ1) is 37.4.